The number of benzene rings is 1. The third-order valence-electron chi connectivity index (χ3n) is 4.28. The minimum Gasteiger partial charge on any atom is -0.454 e. The summed E-state index contributed by atoms with van der Waals surface area (Å²) >= 11 is 0. The van der Waals surface area contributed by atoms with E-state index in [-0.39, 0.29) is 31.1 Å². The van der Waals surface area contributed by atoms with E-state index in [0.717, 1.165) is 12.4 Å². The largest absolute Gasteiger partial charge is 0.454 e. The molecule has 1 N–H and O–H groups in total. The molecule has 1 amide bonds. The molecular weight excluding hydrogens is 332 g/mol. The van der Waals surface area contributed by atoms with Crippen LogP contribution in [0.15, 0.2) is 30.6 Å². The first-order valence-electron chi connectivity index (χ1n) is 7.62. The van der Waals surface area contributed by atoms with Crippen molar-refractivity contribution in [2.75, 3.05) is 26.4 Å². The van der Waals surface area contributed by atoms with Crippen molar-refractivity contribution >= 4 is 18.3 Å². The van der Waals surface area contributed by atoms with Crippen molar-refractivity contribution in [3.05, 3.63) is 42.0 Å². The van der Waals surface area contributed by atoms with Crippen LogP contribution in [0.5, 0.6) is 11.5 Å². The summed E-state index contributed by atoms with van der Waals surface area (Å²) in [4.78, 5) is 19.3. The van der Waals surface area contributed by atoms with Gasteiger partial charge in [0, 0.05) is 44.6 Å². The van der Waals surface area contributed by atoms with Crippen molar-refractivity contribution in [1.82, 2.24) is 19.8 Å². The molecule has 7 nitrogen and oxygen atoms in total. The lowest BCUT2D eigenvalue weighted by atomic mass is 10.1. The molecule has 8 heteroatoms. The molecule has 2 aliphatic rings. The van der Waals surface area contributed by atoms with Crippen molar-refractivity contribution in [2.24, 2.45) is 7.05 Å². The average molecular weight is 351 g/mol. The summed E-state index contributed by atoms with van der Waals surface area (Å²) in [7, 11) is 1.94. The Labute approximate surface area is 146 Å². The quantitative estimate of drug-likeness (QED) is 0.885. The highest BCUT2D eigenvalue weighted by Gasteiger charge is 2.31. The first kappa shape index (κ1) is 16.6. The van der Waals surface area contributed by atoms with Crippen LogP contribution in [0.3, 0.4) is 0 Å². The number of halogens is 1. The van der Waals surface area contributed by atoms with Crippen molar-refractivity contribution in [1.29, 1.82) is 0 Å². The number of fused-ring (bicyclic) bond motifs is 1. The molecule has 0 bridgehead atoms. The second kappa shape index (κ2) is 6.70. The van der Waals surface area contributed by atoms with Crippen LogP contribution in [-0.2, 0) is 7.05 Å². The topological polar surface area (TPSA) is 68.6 Å². The normalized spacial score (nSPS) is 19.0. The van der Waals surface area contributed by atoms with Gasteiger partial charge in [-0.3, -0.25) is 4.79 Å². The Morgan fingerprint density at radius 2 is 2.17 bits per heavy atom. The number of hydrogen-bond acceptors (Lipinski definition) is 5. The maximum Gasteiger partial charge on any atom is 0.254 e. The molecule has 0 saturated carbocycles. The van der Waals surface area contributed by atoms with Gasteiger partial charge in [-0.05, 0) is 18.2 Å². The Kier molecular flexibility index (Phi) is 4.64. The number of ether oxygens (including phenoxy) is 2. The number of hydrogen-bond donors (Lipinski definition) is 1. The molecule has 128 valence electrons. The van der Waals surface area contributed by atoms with Gasteiger partial charge in [0.15, 0.2) is 11.5 Å². The molecule has 2 aromatic rings. The highest BCUT2D eigenvalue weighted by atomic mass is 35.5. The third kappa shape index (κ3) is 2.81. The number of nitrogens with zero attached hydrogens (tertiary/aromatic N) is 3. The van der Waals surface area contributed by atoms with E-state index >= 15 is 0 Å². The van der Waals surface area contributed by atoms with E-state index in [4.69, 9.17) is 9.47 Å². The number of carbonyl (C=O) groups excluding carboxylic acids is 1. The summed E-state index contributed by atoms with van der Waals surface area (Å²) in [5.74, 6) is 2.17. The van der Waals surface area contributed by atoms with Crippen molar-refractivity contribution in [3.63, 3.8) is 0 Å². The van der Waals surface area contributed by atoms with E-state index in [2.05, 4.69) is 10.3 Å². The zero-order valence-electron chi connectivity index (χ0n) is 13.3. The Morgan fingerprint density at radius 3 is 2.96 bits per heavy atom. The lowest BCUT2D eigenvalue weighted by Crippen LogP contribution is -2.49. The lowest BCUT2D eigenvalue weighted by molar-refractivity contribution is 0.0620. The predicted molar refractivity (Wildman–Crippen MR) is 89.7 cm³/mol. The number of aromatic nitrogens is 2. The van der Waals surface area contributed by atoms with E-state index in [9.17, 15) is 4.79 Å². The number of imidazole rings is 1. The van der Waals surface area contributed by atoms with Gasteiger partial charge in [0.25, 0.3) is 5.91 Å². The van der Waals surface area contributed by atoms with Crippen LogP contribution in [0.1, 0.15) is 22.2 Å². The van der Waals surface area contributed by atoms with E-state index in [1.54, 1.807) is 24.4 Å². The van der Waals surface area contributed by atoms with Gasteiger partial charge in [-0.15, -0.1) is 12.4 Å². The molecule has 3 heterocycles. The molecule has 1 unspecified atom stereocenters. The number of amides is 1. The minimum atomic E-state index is -0.0818. The fourth-order valence-electron chi connectivity index (χ4n) is 3.07. The molecule has 1 fully saturated rings. The maximum atomic E-state index is 13.0. The van der Waals surface area contributed by atoms with Crippen LogP contribution in [0.25, 0.3) is 0 Å². The Morgan fingerprint density at radius 1 is 1.33 bits per heavy atom. The van der Waals surface area contributed by atoms with E-state index in [0.29, 0.717) is 30.2 Å². The van der Waals surface area contributed by atoms with Crippen LogP contribution >= 0.6 is 12.4 Å². The monoisotopic (exact) mass is 350 g/mol. The number of piperazine rings is 1. The van der Waals surface area contributed by atoms with Gasteiger partial charge >= 0.3 is 0 Å². The second-order valence-electron chi connectivity index (χ2n) is 5.68. The van der Waals surface area contributed by atoms with Gasteiger partial charge in [0.2, 0.25) is 6.79 Å². The zero-order valence-corrected chi connectivity index (χ0v) is 14.1. The number of rotatable bonds is 2. The fraction of sp³-hybridized carbons (Fsp3) is 0.375. The number of nitrogens with one attached hydrogen (secondary N) is 1. The first-order chi connectivity index (χ1) is 11.2. The lowest BCUT2D eigenvalue weighted by Gasteiger charge is -2.35. The highest BCUT2D eigenvalue weighted by molar-refractivity contribution is 5.95. The highest BCUT2D eigenvalue weighted by Crippen LogP contribution is 2.33. The van der Waals surface area contributed by atoms with Gasteiger partial charge < -0.3 is 24.3 Å². The molecule has 0 radical (unpaired) electrons. The first-order valence-corrected chi connectivity index (χ1v) is 7.62. The van der Waals surface area contributed by atoms with Crippen LogP contribution < -0.4 is 14.8 Å². The van der Waals surface area contributed by atoms with Gasteiger partial charge in [-0.2, -0.15) is 0 Å². The second-order valence-corrected chi connectivity index (χ2v) is 5.68. The molecular formula is C16H19ClN4O3. The van der Waals surface area contributed by atoms with Crippen molar-refractivity contribution in [2.45, 2.75) is 6.04 Å². The van der Waals surface area contributed by atoms with Crippen molar-refractivity contribution in [3.8, 4) is 11.5 Å². The van der Waals surface area contributed by atoms with Crippen LogP contribution in [0.2, 0.25) is 0 Å². The summed E-state index contributed by atoms with van der Waals surface area (Å²) in [6.07, 6.45) is 3.65. The van der Waals surface area contributed by atoms with Gasteiger partial charge in [-0.1, -0.05) is 0 Å². The molecule has 0 spiro atoms. The Hall–Kier alpha value is -2.25. The summed E-state index contributed by atoms with van der Waals surface area (Å²) in [5.41, 5.74) is 0.607. The average Bonchev–Trinajstić information content (AvgIpc) is 3.22. The molecule has 1 aromatic carbocycles. The molecule has 24 heavy (non-hydrogen) atoms. The van der Waals surface area contributed by atoms with Gasteiger partial charge in [0.1, 0.15) is 11.9 Å². The Bertz CT molecular complexity index is 749. The predicted octanol–water partition coefficient (Wildman–Crippen LogP) is 1.36. The molecule has 0 aliphatic carbocycles. The smallest absolute Gasteiger partial charge is 0.254 e. The standard InChI is InChI=1S/C16H18N4O3.ClH/c1-19-6-5-18-15(19)12-9-17-4-7-20(12)16(21)11-2-3-13-14(8-11)23-10-22-13;/h2-3,5-6,8,12,17H,4,7,9-10H2,1H3;1H. The van der Waals surface area contributed by atoms with E-state index in [1.807, 2.05) is 22.7 Å². The number of carbonyl (C=O) groups is 1. The van der Waals surface area contributed by atoms with Crippen LogP contribution in [0, 0.1) is 0 Å². The van der Waals surface area contributed by atoms with E-state index in [1.165, 1.54) is 0 Å². The van der Waals surface area contributed by atoms with Crippen LogP contribution in [0.4, 0.5) is 0 Å². The van der Waals surface area contributed by atoms with Gasteiger partial charge in [0.05, 0.1) is 0 Å². The summed E-state index contributed by atoms with van der Waals surface area (Å²) in [5, 5.41) is 3.34. The summed E-state index contributed by atoms with van der Waals surface area (Å²) in [6, 6.07) is 5.24. The maximum absolute atomic E-state index is 13.0. The Balaban J connectivity index is 0.00000169. The molecule has 2 aliphatic heterocycles. The molecule has 1 aromatic heterocycles. The third-order valence-corrected chi connectivity index (χ3v) is 4.28. The summed E-state index contributed by atoms with van der Waals surface area (Å²) < 4.78 is 12.6. The summed E-state index contributed by atoms with van der Waals surface area (Å²) in [6.45, 7) is 2.32. The van der Waals surface area contributed by atoms with Crippen molar-refractivity contribution < 1.29 is 14.3 Å². The van der Waals surface area contributed by atoms with Gasteiger partial charge in [-0.25, -0.2) is 4.98 Å². The number of aryl methyl sites for hydroxylation is 1. The fourth-order valence-corrected chi connectivity index (χ4v) is 3.07. The SMILES string of the molecule is Cl.Cn1ccnc1C1CNCCN1C(=O)c1ccc2c(c1)OCO2. The minimum absolute atomic E-state index is 0. The zero-order chi connectivity index (χ0) is 15.8. The molecule has 1 saturated heterocycles. The van der Waals surface area contributed by atoms with E-state index < -0.39 is 0 Å². The molecule has 1 atom stereocenters. The molecule has 4 rings (SSSR count). The van der Waals surface area contributed by atoms with Crippen LogP contribution in [-0.4, -0.2) is 46.8 Å².